The number of rotatable bonds is 1. The highest BCUT2D eigenvalue weighted by Crippen LogP contribution is 2.61. The molecule has 2 aliphatic rings. The van der Waals surface area contributed by atoms with Gasteiger partial charge in [0.1, 0.15) is 17.0 Å². The van der Waals surface area contributed by atoms with Crippen LogP contribution in [0.3, 0.4) is 0 Å². The maximum atomic E-state index is 9.68. The third-order valence-electron chi connectivity index (χ3n) is 4.88. The van der Waals surface area contributed by atoms with E-state index in [1.54, 1.807) is 0 Å². The third kappa shape index (κ3) is 1.44. The zero-order valence-electron chi connectivity index (χ0n) is 11.5. The summed E-state index contributed by atoms with van der Waals surface area (Å²) in [4.78, 5) is 0. The van der Waals surface area contributed by atoms with Crippen molar-refractivity contribution in [2.24, 2.45) is 10.8 Å². The Morgan fingerprint density at radius 3 is 2.30 bits per heavy atom. The van der Waals surface area contributed by atoms with Crippen molar-refractivity contribution in [3.05, 3.63) is 10.7 Å². The van der Waals surface area contributed by atoms with Gasteiger partial charge in [0.2, 0.25) is 0 Å². The second-order valence-corrected chi connectivity index (χ2v) is 5.85. The highest BCUT2D eigenvalue weighted by molar-refractivity contribution is 6.30. The fourth-order valence-corrected chi connectivity index (χ4v) is 3.93. The van der Waals surface area contributed by atoms with Gasteiger partial charge < -0.3 is 10.1 Å². The number of fused-ring (bicyclic) bond motifs is 1. The van der Waals surface area contributed by atoms with Gasteiger partial charge in [-0.1, -0.05) is 24.9 Å². The van der Waals surface area contributed by atoms with Crippen LogP contribution in [0.2, 0.25) is 0 Å². The topological polar surface area (TPSA) is 92.6 Å². The molecular formula is C14H15ClN4O. The van der Waals surface area contributed by atoms with Crippen molar-refractivity contribution in [1.29, 1.82) is 15.8 Å². The van der Waals surface area contributed by atoms with E-state index < -0.39 is 16.6 Å². The molecule has 5 nitrogen and oxygen atoms in total. The molecule has 0 aromatic heterocycles. The van der Waals surface area contributed by atoms with Gasteiger partial charge in [-0.2, -0.15) is 15.8 Å². The van der Waals surface area contributed by atoms with Crippen LogP contribution in [0.4, 0.5) is 0 Å². The van der Waals surface area contributed by atoms with Gasteiger partial charge >= 0.3 is 0 Å². The van der Waals surface area contributed by atoms with Crippen LogP contribution >= 0.6 is 11.6 Å². The van der Waals surface area contributed by atoms with Gasteiger partial charge in [-0.3, -0.25) is 0 Å². The quantitative estimate of drug-likeness (QED) is 0.749. The van der Waals surface area contributed by atoms with Crippen molar-refractivity contribution in [2.45, 2.75) is 38.3 Å². The Morgan fingerprint density at radius 2 is 1.80 bits per heavy atom. The van der Waals surface area contributed by atoms with E-state index >= 15 is 0 Å². The number of nitrogens with zero attached hydrogens (tertiary/aromatic N) is 3. The number of hydrogen-bond acceptors (Lipinski definition) is 5. The Hall–Kier alpha value is -1.74. The second-order valence-electron chi connectivity index (χ2n) is 5.47. The number of nitriles is 3. The molecule has 1 aliphatic carbocycles. The average Bonchev–Trinajstić information content (AvgIpc) is 2.46. The maximum absolute atomic E-state index is 9.68. The van der Waals surface area contributed by atoms with Crippen LogP contribution in [0.15, 0.2) is 10.7 Å². The van der Waals surface area contributed by atoms with E-state index in [0.717, 1.165) is 12.8 Å². The molecule has 0 spiro atoms. The molecule has 1 fully saturated rings. The fourth-order valence-electron chi connectivity index (χ4n) is 3.60. The summed E-state index contributed by atoms with van der Waals surface area (Å²) in [7, 11) is 1.54. The van der Waals surface area contributed by atoms with Crippen molar-refractivity contribution in [3.63, 3.8) is 0 Å². The molecule has 0 aromatic rings. The average molecular weight is 291 g/mol. The van der Waals surface area contributed by atoms with Gasteiger partial charge in [-0.25, -0.2) is 0 Å². The Labute approximate surface area is 123 Å². The van der Waals surface area contributed by atoms with E-state index in [2.05, 4.69) is 17.5 Å². The maximum Gasteiger partial charge on any atom is 0.191 e. The Morgan fingerprint density at radius 1 is 1.20 bits per heavy atom. The van der Waals surface area contributed by atoms with Crippen molar-refractivity contribution in [1.82, 2.24) is 5.32 Å². The zero-order valence-corrected chi connectivity index (χ0v) is 12.2. The van der Waals surface area contributed by atoms with Gasteiger partial charge in [-0.05, 0) is 19.3 Å². The van der Waals surface area contributed by atoms with Crippen LogP contribution in [0.1, 0.15) is 32.6 Å². The van der Waals surface area contributed by atoms with Crippen LogP contribution in [0.5, 0.6) is 0 Å². The molecule has 2 atom stereocenters. The number of ether oxygens (including phenoxy) is 1. The summed E-state index contributed by atoms with van der Waals surface area (Å²) in [5, 5.41) is 31.8. The first kappa shape index (κ1) is 14.7. The van der Waals surface area contributed by atoms with Gasteiger partial charge in [0.15, 0.2) is 5.41 Å². The van der Waals surface area contributed by atoms with Gasteiger partial charge in [-0.15, -0.1) is 0 Å². The molecule has 0 unspecified atom stereocenters. The fraction of sp³-hybridized carbons (Fsp3) is 0.643. The summed E-state index contributed by atoms with van der Waals surface area (Å²) in [5.74, 6) is 0. The first-order chi connectivity index (χ1) is 9.47. The molecule has 1 N–H and O–H groups in total. The lowest BCUT2D eigenvalue weighted by Gasteiger charge is -2.58. The highest BCUT2D eigenvalue weighted by Gasteiger charge is 2.68. The standard InChI is InChI=1S/C14H15ClN4O/c1-12-5-3-4-6-14(12,20-2)19-11(15)10(7-16)13(12,8-17)9-18/h19H,3-6H2,1-2H3/t12-,14+/m1/s1. The Kier molecular flexibility index (Phi) is 3.42. The molecule has 6 heteroatoms. The number of nitrogens with one attached hydrogen (secondary N) is 1. The molecule has 0 aromatic carbocycles. The molecule has 0 bridgehead atoms. The minimum Gasteiger partial charge on any atom is -0.358 e. The van der Waals surface area contributed by atoms with Crippen LogP contribution in [0.25, 0.3) is 0 Å². The van der Waals surface area contributed by atoms with Crippen LogP contribution in [-0.2, 0) is 4.74 Å². The number of hydrogen-bond donors (Lipinski definition) is 1. The van der Waals surface area contributed by atoms with Crippen molar-refractivity contribution < 1.29 is 4.74 Å². The molecule has 0 saturated heterocycles. The lowest BCUT2D eigenvalue weighted by molar-refractivity contribution is -0.177. The molecule has 20 heavy (non-hydrogen) atoms. The molecule has 1 aliphatic heterocycles. The van der Waals surface area contributed by atoms with E-state index in [9.17, 15) is 15.8 Å². The monoisotopic (exact) mass is 290 g/mol. The molecule has 0 radical (unpaired) electrons. The van der Waals surface area contributed by atoms with E-state index in [1.807, 2.05) is 13.0 Å². The minimum atomic E-state index is -1.60. The van der Waals surface area contributed by atoms with Crippen LogP contribution in [0, 0.1) is 44.8 Å². The van der Waals surface area contributed by atoms with E-state index in [0.29, 0.717) is 12.8 Å². The number of halogens is 1. The Bertz CT molecular complexity index is 580. The minimum absolute atomic E-state index is 0.0127. The first-order valence-corrected chi connectivity index (χ1v) is 6.81. The first-order valence-electron chi connectivity index (χ1n) is 6.43. The predicted molar refractivity (Wildman–Crippen MR) is 71.6 cm³/mol. The summed E-state index contributed by atoms with van der Waals surface area (Å²) >= 11 is 6.14. The lowest BCUT2D eigenvalue weighted by Crippen LogP contribution is -2.68. The van der Waals surface area contributed by atoms with Gasteiger partial charge in [0.25, 0.3) is 0 Å². The third-order valence-corrected chi connectivity index (χ3v) is 5.16. The summed E-state index contributed by atoms with van der Waals surface area (Å²) < 4.78 is 5.67. The van der Waals surface area contributed by atoms with Gasteiger partial charge in [0, 0.05) is 7.11 Å². The van der Waals surface area contributed by atoms with Crippen LogP contribution < -0.4 is 5.32 Å². The number of allylic oxidation sites excluding steroid dienone is 1. The predicted octanol–water partition coefficient (Wildman–Crippen LogP) is 2.52. The Balaban J connectivity index is 2.81. The van der Waals surface area contributed by atoms with E-state index in [1.165, 1.54) is 7.11 Å². The lowest BCUT2D eigenvalue weighted by atomic mass is 9.51. The molecule has 0 amide bonds. The summed E-state index contributed by atoms with van der Waals surface area (Å²) in [6.45, 7) is 1.83. The normalized spacial score (nSPS) is 35.0. The molecule has 1 saturated carbocycles. The van der Waals surface area contributed by atoms with E-state index in [-0.39, 0.29) is 10.7 Å². The molecular weight excluding hydrogens is 276 g/mol. The summed E-state index contributed by atoms with van der Waals surface area (Å²) in [6.07, 6.45) is 3.05. The van der Waals surface area contributed by atoms with Crippen molar-refractivity contribution in [2.75, 3.05) is 7.11 Å². The van der Waals surface area contributed by atoms with Crippen molar-refractivity contribution >= 4 is 11.6 Å². The second kappa shape index (κ2) is 4.67. The molecule has 1 heterocycles. The molecule has 104 valence electrons. The highest BCUT2D eigenvalue weighted by atomic mass is 35.5. The van der Waals surface area contributed by atoms with Crippen LogP contribution in [-0.4, -0.2) is 12.8 Å². The smallest absolute Gasteiger partial charge is 0.191 e. The SMILES string of the molecule is CO[C@@]12CCCC[C@]1(C)C(C#N)(C#N)C(C#N)=C(Cl)N2. The van der Waals surface area contributed by atoms with Crippen molar-refractivity contribution in [3.8, 4) is 18.2 Å². The molecule has 2 rings (SSSR count). The number of methoxy groups -OCH3 is 1. The zero-order chi connectivity index (χ0) is 15.0. The van der Waals surface area contributed by atoms with E-state index in [4.69, 9.17) is 16.3 Å². The summed E-state index contributed by atoms with van der Waals surface area (Å²) in [5.41, 5.74) is -3.34. The largest absolute Gasteiger partial charge is 0.358 e. The summed E-state index contributed by atoms with van der Waals surface area (Å²) in [6, 6.07) is 6.03. The van der Waals surface area contributed by atoms with Gasteiger partial charge in [0.05, 0.1) is 23.1 Å².